The fraction of sp³-hybridized carbons (Fsp3) is 0.222. The van der Waals surface area contributed by atoms with Gasteiger partial charge < -0.3 is 10.6 Å². The Morgan fingerprint density at radius 3 is 2.42 bits per heavy atom. The fourth-order valence-electron chi connectivity index (χ4n) is 0.660. The van der Waals surface area contributed by atoms with Crippen molar-refractivity contribution in [2.75, 3.05) is 7.05 Å². The highest BCUT2D eigenvalue weighted by Gasteiger charge is 2.00. The van der Waals surface area contributed by atoms with Gasteiger partial charge in [-0.05, 0) is 6.08 Å². The van der Waals surface area contributed by atoms with Gasteiger partial charge in [0.1, 0.15) is 0 Å². The third kappa shape index (κ3) is 3.61. The molecule has 0 aliphatic carbocycles. The molecule has 3 nitrogen and oxygen atoms in total. The van der Waals surface area contributed by atoms with E-state index in [1.165, 1.54) is 6.92 Å². The molecule has 0 fully saturated rings. The van der Waals surface area contributed by atoms with Crippen molar-refractivity contribution in [3.8, 4) is 0 Å². The van der Waals surface area contributed by atoms with Gasteiger partial charge in [-0.1, -0.05) is 19.2 Å². The van der Waals surface area contributed by atoms with Crippen LogP contribution in [0.25, 0.3) is 0 Å². The summed E-state index contributed by atoms with van der Waals surface area (Å²) in [4.78, 5) is 10.7. The molecule has 0 radical (unpaired) electrons. The van der Waals surface area contributed by atoms with Gasteiger partial charge >= 0.3 is 0 Å². The number of hydrogen-bond donors (Lipinski definition) is 2. The number of rotatable bonds is 4. The topological polar surface area (TPSA) is 41.1 Å². The van der Waals surface area contributed by atoms with Crippen LogP contribution in [0.3, 0.4) is 0 Å². The second-order valence-electron chi connectivity index (χ2n) is 2.23. The van der Waals surface area contributed by atoms with E-state index in [-0.39, 0.29) is 5.91 Å². The van der Waals surface area contributed by atoms with E-state index in [0.717, 1.165) is 0 Å². The highest BCUT2D eigenvalue weighted by molar-refractivity contribution is 5.75. The largest absolute Gasteiger partial charge is 0.387 e. The van der Waals surface area contributed by atoms with Gasteiger partial charge in [0.05, 0.1) is 11.4 Å². The molecule has 3 heteroatoms. The van der Waals surface area contributed by atoms with Crippen LogP contribution in [-0.2, 0) is 4.79 Å². The van der Waals surface area contributed by atoms with Crippen LogP contribution in [0.1, 0.15) is 6.92 Å². The molecule has 0 heterocycles. The van der Waals surface area contributed by atoms with Gasteiger partial charge in [0.15, 0.2) is 0 Å². The summed E-state index contributed by atoms with van der Waals surface area (Å²) in [6, 6.07) is 0. The monoisotopic (exact) mass is 166 g/mol. The molecule has 0 unspecified atom stereocenters. The molecule has 0 saturated carbocycles. The summed E-state index contributed by atoms with van der Waals surface area (Å²) in [5.74, 6) is -0.125. The Labute approximate surface area is 72.9 Å². The van der Waals surface area contributed by atoms with E-state index in [9.17, 15) is 4.79 Å². The van der Waals surface area contributed by atoms with Crippen molar-refractivity contribution in [3.05, 3.63) is 36.7 Å². The SMILES string of the molecule is C=C/C=C(/NC(C)=O)C(=C)NC. The first-order valence-electron chi connectivity index (χ1n) is 3.59. The van der Waals surface area contributed by atoms with E-state index in [2.05, 4.69) is 23.8 Å². The van der Waals surface area contributed by atoms with Crippen molar-refractivity contribution >= 4 is 5.91 Å². The summed E-state index contributed by atoms with van der Waals surface area (Å²) in [5, 5.41) is 5.45. The summed E-state index contributed by atoms with van der Waals surface area (Å²) in [7, 11) is 1.74. The van der Waals surface area contributed by atoms with E-state index in [1.54, 1.807) is 19.2 Å². The Bertz CT molecular complexity index is 229. The zero-order valence-corrected chi connectivity index (χ0v) is 7.48. The average molecular weight is 166 g/mol. The molecule has 1 amide bonds. The number of likely N-dealkylation sites (N-methyl/N-ethyl adjacent to an activating group) is 1. The van der Waals surface area contributed by atoms with Crippen molar-refractivity contribution in [2.24, 2.45) is 0 Å². The molecule has 0 aromatic rings. The van der Waals surface area contributed by atoms with Crippen LogP contribution in [0.5, 0.6) is 0 Å². The van der Waals surface area contributed by atoms with Crippen LogP contribution in [0.4, 0.5) is 0 Å². The number of amides is 1. The van der Waals surface area contributed by atoms with Crippen LogP contribution in [-0.4, -0.2) is 13.0 Å². The zero-order valence-electron chi connectivity index (χ0n) is 7.48. The van der Waals surface area contributed by atoms with Crippen molar-refractivity contribution in [2.45, 2.75) is 6.92 Å². The summed E-state index contributed by atoms with van der Waals surface area (Å²) in [6.07, 6.45) is 3.27. The first-order valence-corrected chi connectivity index (χ1v) is 3.59. The van der Waals surface area contributed by atoms with E-state index in [4.69, 9.17) is 0 Å². The van der Waals surface area contributed by atoms with Gasteiger partial charge in [-0.2, -0.15) is 0 Å². The van der Waals surface area contributed by atoms with Gasteiger partial charge in [-0.3, -0.25) is 4.79 Å². The lowest BCUT2D eigenvalue weighted by atomic mass is 10.3. The summed E-state index contributed by atoms with van der Waals surface area (Å²) in [6.45, 7) is 8.68. The van der Waals surface area contributed by atoms with Crippen molar-refractivity contribution in [1.29, 1.82) is 0 Å². The third-order valence-electron chi connectivity index (χ3n) is 1.22. The molecular formula is C9H14N2O. The highest BCUT2D eigenvalue weighted by atomic mass is 16.1. The Morgan fingerprint density at radius 2 is 2.08 bits per heavy atom. The molecule has 0 aliphatic heterocycles. The maximum Gasteiger partial charge on any atom is 0.221 e. The van der Waals surface area contributed by atoms with Crippen LogP contribution in [0.2, 0.25) is 0 Å². The minimum atomic E-state index is -0.125. The molecule has 0 atom stereocenters. The number of hydrogen-bond acceptors (Lipinski definition) is 2. The van der Waals surface area contributed by atoms with Crippen LogP contribution in [0, 0.1) is 0 Å². The van der Waals surface area contributed by atoms with E-state index >= 15 is 0 Å². The normalized spacial score (nSPS) is 10.3. The average Bonchev–Trinajstić information content (AvgIpc) is 2.01. The van der Waals surface area contributed by atoms with Gasteiger partial charge in [0.2, 0.25) is 5.91 Å². The third-order valence-corrected chi connectivity index (χ3v) is 1.22. The zero-order chi connectivity index (χ0) is 9.56. The fourth-order valence-corrected chi connectivity index (χ4v) is 0.660. The Kier molecular flexibility index (Phi) is 4.53. The summed E-state index contributed by atoms with van der Waals surface area (Å²) >= 11 is 0. The predicted molar refractivity (Wildman–Crippen MR) is 50.3 cm³/mol. The van der Waals surface area contributed by atoms with Gasteiger partial charge in [-0.25, -0.2) is 0 Å². The quantitative estimate of drug-likeness (QED) is 0.610. The molecule has 0 aromatic carbocycles. The second kappa shape index (κ2) is 5.18. The first-order chi connectivity index (χ1) is 5.61. The Balaban J connectivity index is 4.44. The number of nitrogens with one attached hydrogen (secondary N) is 2. The van der Waals surface area contributed by atoms with Crippen LogP contribution in [0.15, 0.2) is 36.7 Å². The number of allylic oxidation sites excluding steroid dienone is 2. The minimum absolute atomic E-state index is 0.125. The smallest absolute Gasteiger partial charge is 0.221 e. The minimum Gasteiger partial charge on any atom is -0.387 e. The standard InChI is InChI=1S/C9H14N2O/c1-5-6-9(7(2)10-4)11-8(3)12/h5-6,10H,1-2H2,3-4H3,(H,11,12)/b9-6+. The molecule has 0 spiro atoms. The predicted octanol–water partition coefficient (Wildman–Crippen LogP) is 0.925. The highest BCUT2D eigenvalue weighted by Crippen LogP contribution is 1.99. The van der Waals surface area contributed by atoms with Gasteiger partial charge in [0, 0.05) is 14.0 Å². The maximum absolute atomic E-state index is 10.7. The molecule has 66 valence electrons. The molecule has 0 aromatic heterocycles. The summed E-state index contributed by atoms with van der Waals surface area (Å²) < 4.78 is 0. The van der Waals surface area contributed by atoms with E-state index < -0.39 is 0 Å². The maximum atomic E-state index is 10.7. The molecule has 0 rings (SSSR count). The second-order valence-corrected chi connectivity index (χ2v) is 2.23. The molecule has 0 bridgehead atoms. The lowest BCUT2D eigenvalue weighted by Crippen LogP contribution is -2.24. The lowest BCUT2D eigenvalue weighted by molar-refractivity contribution is -0.118. The first kappa shape index (κ1) is 10.5. The molecule has 0 saturated heterocycles. The molecular weight excluding hydrogens is 152 g/mol. The van der Waals surface area contributed by atoms with Crippen molar-refractivity contribution < 1.29 is 4.79 Å². The van der Waals surface area contributed by atoms with E-state index in [0.29, 0.717) is 11.4 Å². The molecule has 0 aliphatic rings. The van der Waals surface area contributed by atoms with Crippen molar-refractivity contribution in [1.82, 2.24) is 10.6 Å². The van der Waals surface area contributed by atoms with Gasteiger partial charge in [0.25, 0.3) is 0 Å². The Morgan fingerprint density at radius 1 is 1.50 bits per heavy atom. The van der Waals surface area contributed by atoms with Crippen LogP contribution >= 0.6 is 0 Å². The van der Waals surface area contributed by atoms with Crippen LogP contribution < -0.4 is 10.6 Å². The number of carbonyl (C=O) groups excluding carboxylic acids is 1. The van der Waals surface area contributed by atoms with Crippen molar-refractivity contribution in [3.63, 3.8) is 0 Å². The number of carbonyl (C=O) groups is 1. The van der Waals surface area contributed by atoms with E-state index in [1.807, 2.05) is 0 Å². The Hall–Kier alpha value is -1.51. The summed E-state index contributed by atoms with van der Waals surface area (Å²) in [5.41, 5.74) is 1.30. The lowest BCUT2D eigenvalue weighted by Gasteiger charge is -2.09. The van der Waals surface area contributed by atoms with Gasteiger partial charge in [-0.15, -0.1) is 0 Å². The molecule has 2 N–H and O–H groups in total. The molecule has 12 heavy (non-hydrogen) atoms.